The number of alkyl halides is 26. The topological polar surface area (TPSA) is 92.3 Å². The second-order valence-corrected chi connectivity index (χ2v) is 19.3. The Kier molecular flexibility index (Phi) is 12.9. The van der Waals surface area contributed by atoms with Crippen LogP contribution in [0.1, 0.15) is 68.2 Å². The molecule has 0 aromatic rings. The Bertz CT molecular complexity index is 1950. The van der Waals surface area contributed by atoms with E-state index < -0.39 is 168 Å². The third-order valence-electron chi connectivity index (χ3n) is 12.3. The summed E-state index contributed by atoms with van der Waals surface area (Å²) in [5, 5.41) is 0. The highest BCUT2D eigenvalue weighted by Crippen LogP contribution is 2.69. The fraction of sp³-hybridized carbons (Fsp3) is 1.00. The molecule has 6 fully saturated rings. The van der Waals surface area contributed by atoms with Crippen LogP contribution in [-0.2, 0) is 47.4 Å². The smallest absolute Gasteiger partial charge is 0.342 e. The zero-order valence-electron chi connectivity index (χ0n) is 36.9. The summed E-state index contributed by atoms with van der Waals surface area (Å²) in [7, 11) is 0. The average Bonchev–Trinajstić information content (AvgIpc) is 3.86. The molecule has 0 saturated carbocycles. The standard InChI is InChI=1S/C36H36F26O10/c1-19(2)63-11-13-17(69-21(5,6)65-13)71-23(15(11)67-19,9-25(37,38)27(41,42)29(45,46)31(49,50)33(53,54)35(57,58)59)24(16-12(64-20(3,4)68-16)14-18(72-24)70-22(7,8)66-14)10-26(39,40)28(43,44)30(47,48)32(51,52)34(55,56)36(60,61)62/h11-18H,9-10H2,1-8H3/t11-,12-,13-,14-,15-,16-,17+,18+,23+,24+/m1/s1. The van der Waals surface area contributed by atoms with Gasteiger partial charge < -0.3 is 47.4 Å². The summed E-state index contributed by atoms with van der Waals surface area (Å²) < 4.78 is 441. The van der Waals surface area contributed by atoms with E-state index in [0.29, 0.717) is 27.7 Å². The Labute approximate surface area is 385 Å². The van der Waals surface area contributed by atoms with E-state index in [1.165, 1.54) is 0 Å². The third kappa shape index (κ3) is 7.97. The first kappa shape index (κ1) is 59.0. The van der Waals surface area contributed by atoms with Gasteiger partial charge in [-0.2, -0.15) is 114 Å². The molecule has 10 nitrogen and oxygen atoms in total. The highest BCUT2D eigenvalue weighted by Gasteiger charge is 2.95. The van der Waals surface area contributed by atoms with Crippen LogP contribution in [-0.4, -0.2) is 155 Å². The van der Waals surface area contributed by atoms with Gasteiger partial charge >= 0.3 is 71.6 Å². The molecule has 6 rings (SSSR count). The molecule has 72 heavy (non-hydrogen) atoms. The fourth-order valence-electron chi connectivity index (χ4n) is 9.22. The molecule has 6 aliphatic rings. The van der Waals surface area contributed by atoms with Crippen molar-refractivity contribution in [1.29, 1.82) is 0 Å². The van der Waals surface area contributed by atoms with Gasteiger partial charge in [-0.3, -0.25) is 0 Å². The van der Waals surface area contributed by atoms with Crippen molar-refractivity contribution < 1.29 is 162 Å². The van der Waals surface area contributed by atoms with E-state index >= 15 is 52.7 Å². The highest BCUT2D eigenvalue weighted by atomic mass is 19.4. The third-order valence-corrected chi connectivity index (χ3v) is 12.3. The summed E-state index contributed by atoms with van der Waals surface area (Å²) >= 11 is 0. The maximum absolute atomic E-state index is 16.9. The lowest BCUT2D eigenvalue weighted by molar-refractivity contribution is -0.456. The molecular formula is C36H36F26O10. The zero-order chi connectivity index (χ0) is 56.1. The minimum atomic E-state index is -8.77. The number of hydrogen-bond donors (Lipinski definition) is 0. The second-order valence-electron chi connectivity index (χ2n) is 19.3. The molecule has 6 saturated heterocycles. The van der Waals surface area contributed by atoms with E-state index in [9.17, 15) is 61.5 Å². The Morgan fingerprint density at radius 1 is 0.264 bits per heavy atom. The van der Waals surface area contributed by atoms with Gasteiger partial charge in [-0.1, -0.05) is 0 Å². The Hall–Kier alpha value is -2.22. The predicted molar refractivity (Wildman–Crippen MR) is 174 cm³/mol. The fourth-order valence-corrected chi connectivity index (χ4v) is 9.22. The van der Waals surface area contributed by atoms with Crippen LogP contribution in [0.3, 0.4) is 0 Å². The predicted octanol–water partition coefficient (Wildman–Crippen LogP) is 10.8. The molecule has 6 heterocycles. The molecular weight excluding hydrogens is 1090 g/mol. The van der Waals surface area contributed by atoms with Gasteiger partial charge in [-0.25, -0.2) is 0 Å². The van der Waals surface area contributed by atoms with Crippen LogP contribution in [0.25, 0.3) is 0 Å². The van der Waals surface area contributed by atoms with Crippen LogP contribution in [0.2, 0.25) is 0 Å². The normalized spacial score (nSPS) is 35.8. The molecule has 422 valence electrons. The van der Waals surface area contributed by atoms with Gasteiger partial charge in [0.05, 0.1) is 12.8 Å². The van der Waals surface area contributed by atoms with Crippen molar-refractivity contribution in [3.05, 3.63) is 0 Å². The van der Waals surface area contributed by atoms with Crippen molar-refractivity contribution in [3.8, 4) is 0 Å². The van der Waals surface area contributed by atoms with Gasteiger partial charge in [0.2, 0.25) is 0 Å². The SMILES string of the molecule is CC1(C)O[C@H]2O[C@](CC(F)(F)C(F)(F)C(F)(F)C(F)(F)C(F)(F)C(F)(F)F)([C@@]3(CC(F)(F)C(F)(F)C(F)(F)C(F)(F)C(F)(F)C(F)(F)F)O[C@@H]4OC(C)(C)O[C@@H]4[C@H]4OC(C)(C)O[C@H]43)[C@@H]3OC(C)(C)O[C@@H]3[C@H]2O1. The molecule has 0 aliphatic carbocycles. The molecule has 0 unspecified atom stereocenters. The van der Waals surface area contributed by atoms with Gasteiger partial charge in [-0.05, 0) is 55.4 Å². The molecule has 0 amide bonds. The number of hydrogen-bond acceptors (Lipinski definition) is 10. The minimum Gasteiger partial charge on any atom is -0.342 e. The van der Waals surface area contributed by atoms with E-state index in [2.05, 4.69) is 0 Å². The van der Waals surface area contributed by atoms with Gasteiger partial charge in [0.15, 0.2) is 35.7 Å². The zero-order valence-corrected chi connectivity index (χ0v) is 36.9. The molecule has 0 N–H and O–H groups in total. The first-order valence-corrected chi connectivity index (χ1v) is 20.1. The summed E-state index contributed by atoms with van der Waals surface area (Å²) in [6.45, 7) is 5.96. The Morgan fingerprint density at radius 3 is 0.736 bits per heavy atom. The van der Waals surface area contributed by atoms with Crippen LogP contribution in [0.15, 0.2) is 0 Å². The summed E-state index contributed by atoms with van der Waals surface area (Å²) in [4.78, 5) is 0. The van der Waals surface area contributed by atoms with Crippen LogP contribution < -0.4 is 0 Å². The van der Waals surface area contributed by atoms with E-state index in [0.717, 1.165) is 27.7 Å². The van der Waals surface area contributed by atoms with Gasteiger partial charge in [0, 0.05) is 0 Å². The number of rotatable bonds is 13. The number of fused-ring (bicyclic) bond motifs is 6. The molecule has 36 heteroatoms. The molecule has 0 aromatic heterocycles. The molecule has 6 aliphatic heterocycles. The van der Waals surface area contributed by atoms with Crippen molar-refractivity contribution in [1.82, 2.24) is 0 Å². The quantitative estimate of drug-likeness (QED) is 0.166. The lowest BCUT2D eigenvalue weighted by Crippen LogP contribution is -2.82. The Balaban J connectivity index is 1.74. The van der Waals surface area contributed by atoms with Gasteiger partial charge in [0.25, 0.3) is 0 Å². The van der Waals surface area contributed by atoms with E-state index in [4.69, 9.17) is 47.4 Å². The van der Waals surface area contributed by atoms with Gasteiger partial charge in [0.1, 0.15) is 47.8 Å². The van der Waals surface area contributed by atoms with Crippen molar-refractivity contribution in [3.63, 3.8) is 0 Å². The average molecular weight is 1120 g/mol. The first-order chi connectivity index (χ1) is 31.4. The van der Waals surface area contributed by atoms with Crippen molar-refractivity contribution in [2.45, 2.75) is 223 Å². The largest absolute Gasteiger partial charge is 0.460 e. The number of halogens is 26. The lowest BCUT2D eigenvalue weighted by Gasteiger charge is -2.62. The van der Waals surface area contributed by atoms with E-state index in [-0.39, 0.29) is 0 Å². The highest BCUT2D eigenvalue weighted by molar-refractivity contribution is 5.27. The van der Waals surface area contributed by atoms with Crippen molar-refractivity contribution in [2.75, 3.05) is 0 Å². The van der Waals surface area contributed by atoms with E-state index in [1.54, 1.807) is 0 Å². The van der Waals surface area contributed by atoms with Gasteiger partial charge in [-0.15, -0.1) is 0 Å². The first-order valence-electron chi connectivity index (χ1n) is 20.1. The second kappa shape index (κ2) is 15.7. The molecule has 10 atom stereocenters. The van der Waals surface area contributed by atoms with Crippen LogP contribution in [0.4, 0.5) is 114 Å². The number of ether oxygens (including phenoxy) is 10. The van der Waals surface area contributed by atoms with Crippen molar-refractivity contribution in [2.24, 2.45) is 0 Å². The molecule has 0 radical (unpaired) electrons. The van der Waals surface area contributed by atoms with E-state index in [1.807, 2.05) is 0 Å². The summed E-state index contributed by atoms with van der Waals surface area (Å²) in [6.07, 6.45) is -47.1. The maximum Gasteiger partial charge on any atom is 0.460 e. The van der Waals surface area contributed by atoms with Crippen molar-refractivity contribution >= 4 is 0 Å². The summed E-state index contributed by atoms with van der Waals surface area (Å²) in [5.41, 5.74) is -10.3. The summed E-state index contributed by atoms with van der Waals surface area (Å²) in [5.74, 6) is -94.3. The maximum atomic E-state index is 16.9. The van der Waals surface area contributed by atoms with Crippen LogP contribution in [0, 0.1) is 0 Å². The lowest BCUT2D eigenvalue weighted by atomic mass is 9.62. The Morgan fingerprint density at radius 2 is 0.486 bits per heavy atom. The monoisotopic (exact) mass is 1120 g/mol. The minimum absolute atomic E-state index is 0.654. The molecule has 0 aromatic carbocycles. The molecule has 0 spiro atoms. The summed E-state index contributed by atoms with van der Waals surface area (Å²) in [6, 6.07) is 0. The van der Waals surface area contributed by atoms with Crippen LogP contribution >= 0.6 is 0 Å². The molecule has 0 bridgehead atoms. The van der Waals surface area contributed by atoms with Crippen LogP contribution in [0.5, 0.6) is 0 Å².